The van der Waals surface area contributed by atoms with Crippen molar-refractivity contribution < 1.29 is 18.3 Å². The van der Waals surface area contributed by atoms with E-state index in [1.807, 2.05) is 0 Å². The lowest BCUT2D eigenvalue weighted by Crippen LogP contribution is -2.48. The topological polar surface area (TPSA) is 103 Å². The summed E-state index contributed by atoms with van der Waals surface area (Å²) in [6.07, 6.45) is 2.57. The zero-order valence-electron chi connectivity index (χ0n) is 13.3. The summed E-state index contributed by atoms with van der Waals surface area (Å²) in [5.74, 6) is -0.279. The molecule has 8 heteroatoms. The first-order valence-corrected chi connectivity index (χ1v) is 7.71. The number of hydrogen-bond acceptors (Lipinski definition) is 4. The molecular weight excluding hydrogens is 318 g/mol. The van der Waals surface area contributed by atoms with E-state index in [0.717, 1.165) is 5.57 Å². The Kier molecular flexibility index (Phi) is 3.73. The molecule has 3 unspecified atom stereocenters. The molecule has 130 valence electrons. The molecule has 1 amide bonds. The molecule has 0 radical (unpaired) electrons. The molecule has 0 bridgehead atoms. The van der Waals surface area contributed by atoms with E-state index in [4.69, 9.17) is 21.3 Å². The van der Waals surface area contributed by atoms with Gasteiger partial charge < -0.3 is 20.8 Å². The van der Waals surface area contributed by atoms with Gasteiger partial charge in [-0.25, -0.2) is 8.78 Å². The molecule has 24 heavy (non-hydrogen) atoms. The lowest BCUT2D eigenvalue weighted by atomic mass is 9.68. The highest BCUT2D eigenvalue weighted by Crippen LogP contribution is 2.51. The van der Waals surface area contributed by atoms with E-state index in [1.54, 1.807) is 24.0 Å². The number of amides is 1. The second-order valence-corrected chi connectivity index (χ2v) is 6.77. The van der Waals surface area contributed by atoms with Crippen LogP contribution in [-0.2, 0) is 9.53 Å². The molecule has 4 N–H and O–H groups in total. The highest BCUT2D eigenvalue weighted by molar-refractivity contribution is 6.00. The minimum Gasteiger partial charge on any atom is -0.491 e. The van der Waals surface area contributed by atoms with Gasteiger partial charge in [-0.1, -0.05) is 12.2 Å². The Morgan fingerprint density at radius 3 is 2.75 bits per heavy atom. The Hall–Kier alpha value is -2.25. The minimum absolute atomic E-state index is 0.0516. The Balaban J connectivity index is 1.77. The minimum atomic E-state index is -2.59. The van der Waals surface area contributed by atoms with Crippen molar-refractivity contribution in [2.24, 2.45) is 22.5 Å². The number of allylic oxidation sites excluding steroid dienone is 1. The van der Waals surface area contributed by atoms with Crippen LogP contribution < -0.4 is 5.73 Å². The largest absolute Gasteiger partial charge is 0.491 e. The summed E-state index contributed by atoms with van der Waals surface area (Å²) < 4.78 is 30.1. The molecule has 1 heterocycles. The Bertz CT molecular complexity index is 675. The van der Waals surface area contributed by atoms with Crippen molar-refractivity contribution in [3.63, 3.8) is 0 Å². The standard InChI is InChI=1S/C16H20F2N4O2/c1-9-4-15(6-19,12(9)24-5-11(17)18)7-22-8-16(14(20)21)3-2-10(16)13(22)23/h2-3,6,10-11,19H,4-5,7-8H2,1H3,(H3,20,21). The lowest BCUT2D eigenvalue weighted by molar-refractivity contribution is -0.131. The van der Waals surface area contributed by atoms with Gasteiger partial charge in [-0.2, -0.15) is 0 Å². The van der Waals surface area contributed by atoms with Gasteiger partial charge in [0.05, 0.1) is 16.7 Å². The molecule has 1 fully saturated rings. The summed E-state index contributed by atoms with van der Waals surface area (Å²) in [6, 6.07) is 0. The maximum absolute atomic E-state index is 12.5. The van der Waals surface area contributed by atoms with Crippen LogP contribution >= 0.6 is 0 Å². The molecule has 1 aliphatic heterocycles. The van der Waals surface area contributed by atoms with E-state index < -0.39 is 29.8 Å². The van der Waals surface area contributed by atoms with Gasteiger partial charge in [0.1, 0.15) is 18.2 Å². The number of ether oxygens (including phenoxy) is 1. The highest BCUT2D eigenvalue weighted by atomic mass is 19.3. The molecule has 3 aliphatic rings. The first-order chi connectivity index (χ1) is 11.3. The van der Waals surface area contributed by atoms with E-state index >= 15 is 0 Å². The Labute approximate surface area is 138 Å². The molecule has 3 rings (SSSR count). The average Bonchev–Trinajstić information content (AvgIpc) is 2.65. The van der Waals surface area contributed by atoms with Crippen LogP contribution in [-0.4, -0.2) is 49.0 Å². The SMILES string of the molecule is CC1=C(OCC(F)F)C(C=N)(CN2CC3(C(=N)N)C=CC3C2=O)C1. The second kappa shape index (κ2) is 5.39. The zero-order valence-corrected chi connectivity index (χ0v) is 13.3. The molecule has 0 aromatic carbocycles. The zero-order chi connectivity index (χ0) is 17.7. The van der Waals surface area contributed by atoms with Crippen LogP contribution in [0.3, 0.4) is 0 Å². The van der Waals surface area contributed by atoms with Gasteiger partial charge in [0.25, 0.3) is 6.43 Å². The monoisotopic (exact) mass is 338 g/mol. The molecule has 0 aromatic heterocycles. The number of nitrogens with two attached hydrogens (primary N) is 1. The van der Waals surface area contributed by atoms with Crippen molar-refractivity contribution in [1.82, 2.24) is 4.90 Å². The summed E-state index contributed by atoms with van der Waals surface area (Å²) in [4.78, 5) is 14.1. The predicted octanol–water partition coefficient (Wildman–Crippen LogP) is 1.53. The van der Waals surface area contributed by atoms with Gasteiger partial charge in [-0.05, 0) is 18.9 Å². The summed E-state index contributed by atoms with van der Waals surface area (Å²) in [6.45, 7) is 1.51. The van der Waals surface area contributed by atoms with Crippen molar-refractivity contribution in [2.75, 3.05) is 19.7 Å². The smallest absolute Gasteiger partial charge is 0.272 e. The van der Waals surface area contributed by atoms with Crippen molar-refractivity contribution in [2.45, 2.75) is 19.8 Å². The number of likely N-dealkylation sites (tertiary alicyclic amines) is 1. The quantitative estimate of drug-likeness (QED) is 0.372. The fourth-order valence-electron chi connectivity index (χ4n) is 3.94. The molecule has 0 aromatic rings. The van der Waals surface area contributed by atoms with E-state index in [1.165, 1.54) is 6.21 Å². The molecule has 0 saturated carbocycles. The second-order valence-electron chi connectivity index (χ2n) is 6.77. The Morgan fingerprint density at radius 1 is 1.62 bits per heavy atom. The fourth-order valence-corrected chi connectivity index (χ4v) is 3.94. The number of alkyl halides is 2. The normalized spacial score (nSPS) is 34.1. The van der Waals surface area contributed by atoms with Crippen LogP contribution in [0.15, 0.2) is 23.5 Å². The number of fused-ring (bicyclic) bond motifs is 1. The van der Waals surface area contributed by atoms with Crippen molar-refractivity contribution >= 4 is 18.0 Å². The number of hydrogen-bond donors (Lipinski definition) is 3. The number of amidine groups is 1. The third-order valence-corrected chi connectivity index (χ3v) is 5.20. The van der Waals surface area contributed by atoms with Crippen LogP contribution in [0.5, 0.6) is 0 Å². The van der Waals surface area contributed by atoms with Gasteiger partial charge >= 0.3 is 0 Å². The first-order valence-electron chi connectivity index (χ1n) is 7.71. The molecular formula is C16H20F2N4O2. The maximum atomic E-state index is 12.5. The van der Waals surface area contributed by atoms with Crippen molar-refractivity contribution in [3.05, 3.63) is 23.5 Å². The van der Waals surface area contributed by atoms with Crippen LogP contribution in [0.4, 0.5) is 8.78 Å². The summed E-state index contributed by atoms with van der Waals surface area (Å²) in [7, 11) is 0. The third kappa shape index (κ3) is 2.16. The van der Waals surface area contributed by atoms with E-state index in [0.29, 0.717) is 12.2 Å². The average molecular weight is 338 g/mol. The lowest BCUT2D eigenvalue weighted by Gasteiger charge is -2.43. The number of rotatable bonds is 7. The molecule has 1 saturated heterocycles. The van der Waals surface area contributed by atoms with Gasteiger partial charge in [0.15, 0.2) is 0 Å². The third-order valence-electron chi connectivity index (χ3n) is 5.20. The van der Waals surface area contributed by atoms with Gasteiger partial charge in [-0.15, -0.1) is 0 Å². The number of carbonyl (C=O) groups excluding carboxylic acids is 1. The molecule has 2 aliphatic carbocycles. The predicted molar refractivity (Wildman–Crippen MR) is 84.0 cm³/mol. The van der Waals surface area contributed by atoms with Crippen LogP contribution in [0, 0.1) is 27.6 Å². The Morgan fingerprint density at radius 2 is 2.33 bits per heavy atom. The van der Waals surface area contributed by atoms with Crippen LogP contribution in [0.1, 0.15) is 13.3 Å². The van der Waals surface area contributed by atoms with Crippen LogP contribution in [0.2, 0.25) is 0 Å². The van der Waals surface area contributed by atoms with Gasteiger partial charge in [0, 0.05) is 19.3 Å². The van der Waals surface area contributed by atoms with Gasteiger partial charge in [-0.3, -0.25) is 10.2 Å². The van der Waals surface area contributed by atoms with E-state index in [2.05, 4.69) is 0 Å². The van der Waals surface area contributed by atoms with Crippen molar-refractivity contribution in [1.29, 1.82) is 10.8 Å². The van der Waals surface area contributed by atoms with E-state index in [9.17, 15) is 13.6 Å². The molecule has 6 nitrogen and oxygen atoms in total. The first kappa shape index (κ1) is 16.6. The van der Waals surface area contributed by atoms with Crippen LogP contribution in [0.25, 0.3) is 0 Å². The van der Waals surface area contributed by atoms with Crippen molar-refractivity contribution in [3.8, 4) is 0 Å². The highest BCUT2D eigenvalue weighted by Gasteiger charge is 2.58. The summed E-state index contributed by atoms with van der Waals surface area (Å²) in [5.41, 5.74) is 4.85. The van der Waals surface area contributed by atoms with Gasteiger partial charge in [0.2, 0.25) is 5.91 Å². The molecule has 0 spiro atoms. The summed E-state index contributed by atoms with van der Waals surface area (Å²) >= 11 is 0. The number of carbonyl (C=O) groups is 1. The maximum Gasteiger partial charge on any atom is 0.272 e. The number of nitrogens with zero attached hydrogens (tertiary/aromatic N) is 1. The molecule has 3 atom stereocenters. The number of nitrogens with one attached hydrogen (secondary N) is 2. The van der Waals surface area contributed by atoms with E-state index in [-0.39, 0.29) is 24.8 Å². The fraction of sp³-hybridized carbons (Fsp3) is 0.562. The summed E-state index contributed by atoms with van der Waals surface area (Å²) in [5, 5.41) is 15.5. The number of halogens is 2.